The van der Waals surface area contributed by atoms with Gasteiger partial charge < -0.3 is 14.6 Å². The van der Waals surface area contributed by atoms with Crippen molar-refractivity contribution < 1.29 is 19.4 Å². The third-order valence-corrected chi connectivity index (χ3v) is 4.23. The fourth-order valence-corrected chi connectivity index (χ4v) is 3.17. The zero-order chi connectivity index (χ0) is 15.7. The second kappa shape index (κ2) is 5.72. The molecule has 0 saturated carbocycles. The van der Waals surface area contributed by atoms with Crippen molar-refractivity contribution in [3.8, 4) is 11.5 Å². The highest BCUT2D eigenvalue weighted by Gasteiger charge is 2.30. The predicted molar refractivity (Wildman–Crippen MR) is 82.9 cm³/mol. The predicted octanol–water partition coefficient (Wildman–Crippen LogP) is 3.02. The average Bonchev–Trinajstić information content (AvgIpc) is 2.69. The van der Waals surface area contributed by atoms with E-state index in [1.165, 1.54) is 0 Å². The molecule has 0 fully saturated rings. The van der Waals surface area contributed by atoms with Crippen LogP contribution in [0.4, 0.5) is 0 Å². The van der Waals surface area contributed by atoms with E-state index in [2.05, 4.69) is 0 Å². The molecule has 0 aromatic heterocycles. The highest BCUT2D eigenvalue weighted by molar-refractivity contribution is 5.82. The molecule has 0 amide bonds. The first-order valence-electron chi connectivity index (χ1n) is 7.21. The summed E-state index contributed by atoms with van der Waals surface area (Å²) in [6.45, 7) is 0. The van der Waals surface area contributed by atoms with Gasteiger partial charge in [-0.05, 0) is 47.2 Å². The number of methoxy groups -OCH3 is 2. The number of hydrogen-bond donors (Lipinski definition) is 1. The van der Waals surface area contributed by atoms with Crippen molar-refractivity contribution in [3.05, 3.63) is 58.7 Å². The molecule has 4 nitrogen and oxygen atoms in total. The van der Waals surface area contributed by atoms with E-state index in [4.69, 9.17) is 9.47 Å². The van der Waals surface area contributed by atoms with Crippen molar-refractivity contribution in [1.29, 1.82) is 0 Å². The summed E-state index contributed by atoms with van der Waals surface area (Å²) < 4.78 is 10.7. The molecule has 3 rings (SSSR count). The molecule has 1 aliphatic carbocycles. The largest absolute Gasteiger partial charge is 0.493 e. The molecular formula is C18H18O4. The van der Waals surface area contributed by atoms with Gasteiger partial charge in [0.25, 0.3) is 0 Å². The standard InChI is InChI=1S/C18H18O4/c1-21-15-9-12-8-7-11-5-3-4-6-13(11)17(18(19)20)14(12)10-16(15)22-2/h3-6,9-10,17H,7-8H2,1-2H3,(H,19,20). The Bertz CT molecular complexity index is 721. The first kappa shape index (κ1) is 14.4. The van der Waals surface area contributed by atoms with Gasteiger partial charge in [-0.2, -0.15) is 0 Å². The molecular weight excluding hydrogens is 280 g/mol. The summed E-state index contributed by atoms with van der Waals surface area (Å²) in [6.07, 6.45) is 1.61. The first-order chi connectivity index (χ1) is 10.7. The second-order valence-electron chi connectivity index (χ2n) is 5.38. The Morgan fingerprint density at radius 2 is 1.64 bits per heavy atom. The number of carboxylic acids is 1. The first-order valence-corrected chi connectivity index (χ1v) is 7.21. The van der Waals surface area contributed by atoms with E-state index < -0.39 is 11.9 Å². The van der Waals surface area contributed by atoms with Crippen LogP contribution in [0.15, 0.2) is 36.4 Å². The average molecular weight is 298 g/mol. The molecule has 22 heavy (non-hydrogen) atoms. The lowest BCUT2D eigenvalue weighted by Crippen LogP contribution is -2.15. The van der Waals surface area contributed by atoms with Crippen molar-refractivity contribution in [1.82, 2.24) is 0 Å². The fraction of sp³-hybridized carbons (Fsp3) is 0.278. The number of hydrogen-bond acceptors (Lipinski definition) is 3. The van der Waals surface area contributed by atoms with Crippen LogP contribution < -0.4 is 9.47 Å². The number of aliphatic carboxylic acids is 1. The van der Waals surface area contributed by atoms with E-state index in [1.807, 2.05) is 30.3 Å². The van der Waals surface area contributed by atoms with Gasteiger partial charge in [-0.15, -0.1) is 0 Å². The van der Waals surface area contributed by atoms with Crippen LogP contribution in [-0.2, 0) is 17.6 Å². The number of ether oxygens (including phenoxy) is 2. The van der Waals surface area contributed by atoms with Gasteiger partial charge in [-0.25, -0.2) is 0 Å². The van der Waals surface area contributed by atoms with Crippen LogP contribution in [0.1, 0.15) is 28.2 Å². The topological polar surface area (TPSA) is 55.8 Å². The summed E-state index contributed by atoms with van der Waals surface area (Å²) in [5.74, 6) is -0.320. The van der Waals surface area contributed by atoms with Gasteiger partial charge in [-0.3, -0.25) is 4.79 Å². The van der Waals surface area contributed by atoms with Gasteiger partial charge in [-0.1, -0.05) is 24.3 Å². The summed E-state index contributed by atoms with van der Waals surface area (Å²) in [5.41, 5.74) is 3.74. The third kappa shape index (κ3) is 2.30. The quantitative estimate of drug-likeness (QED) is 0.946. The van der Waals surface area contributed by atoms with Crippen LogP contribution in [0.3, 0.4) is 0 Å². The molecule has 1 atom stereocenters. The molecule has 2 aromatic carbocycles. The molecule has 0 heterocycles. The number of benzene rings is 2. The molecule has 0 aliphatic heterocycles. The van der Waals surface area contributed by atoms with Gasteiger partial charge in [0.2, 0.25) is 0 Å². The van der Waals surface area contributed by atoms with E-state index in [9.17, 15) is 9.90 Å². The van der Waals surface area contributed by atoms with Crippen LogP contribution in [0.2, 0.25) is 0 Å². The van der Waals surface area contributed by atoms with Crippen molar-refractivity contribution >= 4 is 5.97 Å². The van der Waals surface area contributed by atoms with Crippen molar-refractivity contribution in [2.75, 3.05) is 14.2 Å². The molecule has 0 bridgehead atoms. The minimum Gasteiger partial charge on any atom is -0.493 e. The van der Waals surface area contributed by atoms with Gasteiger partial charge in [0.15, 0.2) is 11.5 Å². The van der Waals surface area contributed by atoms with E-state index in [-0.39, 0.29) is 0 Å². The SMILES string of the molecule is COc1cc2c(cc1OC)C(C(=O)O)c1ccccc1CC2. The lowest BCUT2D eigenvalue weighted by atomic mass is 9.88. The zero-order valence-corrected chi connectivity index (χ0v) is 12.6. The van der Waals surface area contributed by atoms with Crippen molar-refractivity contribution in [2.45, 2.75) is 18.8 Å². The van der Waals surface area contributed by atoms with Crippen molar-refractivity contribution in [3.63, 3.8) is 0 Å². The maximum absolute atomic E-state index is 11.9. The molecule has 0 spiro atoms. The molecule has 1 N–H and O–H groups in total. The lowest BCUT2D eigenvalue weighted by molar-refractivity contribution is -0.137. The summed E-state index contributed by atoms with van der Waals surface area (Å²) >= 11 is 0. The molecule has 0 radical (unpaired) electrons. The maximum Gasteiger partial charge on any atom is 0.315 e. The van der Waals surface area contributed by atoms with Gasteiger partial charge >= 0.3 is 5.97 Å². The smallest absolute Gasteiger partial charge is 0.315 e. The molecule has 0 saturated heterocycles. The number of carbonyl (C=O) groups is 1. The Balaban J connectivity index is 2.24. The van der Waals surface area contributed by atoms with Gasteiger partial charge in [0.05, 0.1) is 14.2 Å². The van der Waals surface area contributed by atoms with E-state index >= 15 is 0 Å². The molecule has 1 aliphatic rings. The second-order valence-corrected chi connectivity index (χ2v) is 5.38. The minimum atomic E-state index is -0.845. The van der Waals surface area contributed by atoms with Crippen LogP contribution in [0.25, 0.3) is 0 Å². The number of fused-ring (bicyclic) bond motifs is 2. The summed E-state index contributed by atoms with van der Waals surface area (Å²) in [4.78, 5) is 11.9. The molecule has 2 aromatic rings. The van der Waals surface area contributed by atoms with E-state index in [0.29, 0.717) is 11.5 Å². The zero-order valence-electron chi connectivity index (χ0n) is 12.6. The minimum absolute atomic E-state index is 0.562. The Morgan fingerprint density at radius 1 is 1.00 bits per heavy atom. The Hall–Kier alpha value is -2.49. The highest BCUT2D eigenvalue weighted by Crippen LogP contribution is 2.40. The van der Waals surface area contributed by atoms with Crippen LogP contribution in [0.5, 0.6) is 11.5 Å². The number of carboxylic acid groups (broad SMARTS) is 1. The monoisotopic (exact) mass is 298 g/mol. The molecule has 1 unspecified atom stereocenters. The summed E-state index contributed by atoms with van der Waals surface area (Å²) in [6, 6.07) is 11.5. The van der Waals surface area contributed by atoms with Crippen LogP contribution >= 0.6 is 0 Å². The van der Waals surface area contributed by atoms with Crippen LogP contribution in [-0.4, -0.2) is 25.3 Å². The van der Waals surface area contributed by atoms with Gasteiger partial charge in [0.1, 0.15) is 5.92 Å². The normalized spacial score (nSPS) is 16.2. The Morgan fingerprint density at radius 3 is 2.32 bits per heavy atom. The lowest BCUT2D eigenvalue weighted by Gasteiger charge is -2.18. The summed E-state index contributed by atoms with van der Waals surface area (Å²) in [7, 11) is 3.15. The molecule has 4 heteroatoms. The summed E-state index contributed by atoms with van der Waals surface area (Å²) in [5, 5.41) is 9.77. The van der Waals surface area contributed by atoms with E-state index in [1.54, 1.807) is 20.3 Å². The maximum atomic E-state index is 11.9. The number of rotatable bonds is 3. The highest BCUT2D eigenvalue weighted by atomic mass is 16.5. The van der Waals surface area contributed by atoms with Crippen molar-refractivity contribution in [2.24, 2.45) is 0 Å². The Kier molecular flexibility index (Phi) is 3.75. The van der Waals surface area contributed by atoms with E-state index in [0.717, 1.165) is 35.1 Å². The van der Waals surface area contributed by atoms with Gasteiger partial charge in [0, 0.05) is 0 Å². The molecule has 114 valence electrons. The fourth-order valence-electron chi connectivity index (χ4n) is 3.17. The number of aryl methyl sites for hydroxylation is 2. The Labute approximate surface area is 129 Å². The third-order valence-electron chi connectivity index (χ3n) is 4.23. The van der Waals surface area contributed by atoms with Crippen LogP contribution in [0, 0.1) is 0 Å².